The van der Waals surface area contributed by atoms with E-state index < -0.39 is 0 Å². The van der Waals surface area contributed by atoms with Crippen LogP contribution in [0, 0.1) is 0 Å². The summed E-state index contributed by atoms with van der Waals surface area (Å²) in [5, 5.41) is 1.69. The molecule has 0 spiro atoms. The van der Waals surface area contributed by atoms with Crippen LogP contribution in [0.15, 0.2) is 28.7 Å². The van der Waals surface area contributed by atoms with Gasteiger partial charge in [-0.1, -0.05) is 12.1 Å². The van der Waals surface area contributed by atoms with E-state index in [1.165, 1.54) is 0 Å². The summed E-state index contributed by atoms with van der Waals surface area (Å²) in [6.07, 6.45) is 0. The summed E-state index contributed by atoms with van der Waals surface area (Å²) in [6.45, 7) is 0.315. The molecule has 0 saturated heterocycles. The van der Waals surface area contributed by atoms with Gasteiger partial charge in [0.2, 0.25) is 0 Å². The van der Waals surface area contributed by atoms with Crippen molar-refractivity contribution in [2.24, 2.45) is 0 Å². The molecule has 0 N–H and O–H groups in total. The third kappa shape index (κ3) is 3.40. The fourth-order valence-electron chi connectivity index (χ4n) is 2.02. The van der Waals surface area contributed by atoms with Gasteiger partial charge in [-0.05, 0) is 28.1 Å². The largest absolute Gasteiger partial charge is 0.496 e. The van der Waals surface area contributed by atoms with Crippen LogP contribution in [-0.4, -0.2) is 34.9 Å². The Morgan fingerprint density at radius 2 is 1.67 bits per heavy atom. The van der Waals surface area contributed by atoms with Crippen LogP contribution in [0.2, 0.25) is 0 Å². The van der Waals surface area contributed by atoms with Crippen LogP contribution in [0.25, 0.3) is 10.8 Å². The van der Waals surface area contributed by atoms with Gasteiger partial charge in [-0.3, -0.25) is 0 Å². The standard InChI is InChI=1S/C15H17BrO5/c1-17-8-20-12-6-4-5-10-14(12)13(19-3)7-11(16)15(10)21-9-18-2/h4-7H,8-9H2,1-3H3. The lowest BCUT2D eigenvalue weighted by atomic mass is 10.1. The van der Waals surface area contributed by atoms with Gasteiger partial charge in [0.1, 0.15) is 17.2 Å². The van der Waals surface area contributed by atoms with E-state index in [0.29, 0.717) is 17.2 Å². The molecule has 2 aromatic carbocycles. The van der Waals surface area contributed by atoms with E-state index in [1.54, 1.807) is 21.3 Å². The highest BCUT2D eigenvalue weighted by atomic mass is 79.9. The van der Waals surface area contributed by atoms with Crippen LogP contribution < -0.4 is 14.2 Å². The van der Waals surface area contributed by atoms with Gasteiger partial charge in [-0.25, -0.2) is 0 Å². The normalized spacial score (nSPS) is 10.7. The summed E-state index contributed by atoms with van der Waals surface area (Å²) in [4.78, 5) is 0. The molecule has 0 saturated carbocycles. The quantitative estimate of drug-likeness (QED) is 0.709. The number of halogens is 1. The van der Waals surface area contributed by atoms with Gasteiger partial charge in [0.25, 0.3) is 0 Å². The van der Waals surface area contributed by atoms with Crippen LogP contribution in [0.3, 0.4) is 0 Å². The molecule has 0 aromatic heterocycles. The van der Waals surface area contributed by atoms with E-state index in [4.69, 9.17) is 23.7 Å². The van der Waals surface area contributed by atoms with Crippen molar-refractivity contribution in [3.63, 3.8) is 0 Å². The van der Waals surface area contributed by atoms with Gasteiger partial charge in [0, 0.05) is 19.6 Å². The average molecular weight is 357 g/mol. The highest BCUT2D eigenvalue weighted by Gasteiger charge is 2.16. The minimum atomic E-state index is 0.156. The number of ether oxygens (including phenoxy) is 5. The Morgan fingerprint density at radius 3 is 2.33 bits per heavy atom. The van der Waals surface area contributed by atoms with E-state index in [1.807, 2.05) is 24.3 Å². The third-order valence-corrected chi connectivity index (χ3v) is 3.45. The van der Waals surface area contributed by atoms with Gasteiger partial charge in [-0.15, -0.1) is 0 Å². The van der Waals surface area contributed by atoms with Crippen molar-refractivity contribution in [2.75, 3.05) is 34.9 Å². The first-order valence-electron chi connectivity index (χ1n) is 6.25. The molecule has 0 unspecified atom stereocenters. The molecule has 5 nitrogen and oxygen atoms in total. The Balaban J connectivity index is 2.62. The second-order valence-electron chi connectivity index (χ2n) is 4.17. The molecule has 21 heavy (non-hydrogen) atoms. The molecule has 0 radical (unpaired) electrons. The van der Waals surface area contributed by atoms with Crippen LogP contribution in [-0.2, 0) is 9.47 Å². The Morgan fingerprint density at radius 1 is 0.952 bits per heavy atom. The number of fused-ring (bicyclic) bond motifs is 1. The zero-order valence-corrected chi connectivity index (χ0v) is 13.7. The van der Waals surface area contributed by atoms with E-state index in [2.05, 4.69) is 15.9 Å². The van der Waals surface area contributed by atoms with Crippen molar-refractivity contribution in [2.45, 2.75) is 0 Å². The van der Waals surface area contributed by atoms with Crippen molar-refractivity contribution in [3.05, 3.63) is 28.7 Å². The van der Waals surface area contributed by atoms with Gasteiger partial charge >= 0.3 is 0 Å². The first kappa shape index (κ1) is 15.9. The lowest BCUT2D eigenvalue weighted by molar-refractivity contribution is 0.0507. The highest BCUT2D eigenvalue weighted by Crippen LogP contribution is 2.43. The van der Waals surface area contributed by atoms with Crippen LogP contribution >= 0.6 is 15.9 Å². The monoisotopic (exact) mass is 356 g/mol. The summed E-state index contributed by atoms with van der Waals surface area (Å²) in [5.41, 5.74) is 0. The molecule has 6 heteroatoms. The summed E-state index contributed by atoms with van der Waals surface area (Å²) in [6, 6.07) is 7.52. The molecular weight excluding hydrogens is 340 g/mol. The number of benzene rings is 2. The second kappa shape index (κ2) is 7.49. The van der Waals surface area contributed by atoms with Crippen molar-refractivity contribution >= 4 is 26.7 Å². The molecule has 2 rings (SSSR count). The molecule has 0 aliphatic carbocycles. The van der Waals surface area contributed by atoms with Gasteiger partial charge in [0.05, 0.1) is 17.0 Å². The highest BCUT2D eigenvalue weighted by molar-refractivity contribution is 9.10. The minimum absolute atomic E-state index is 0.156. The van der Waals surface area contributed by atoms with Crippen molar-refractivity contribution < 1.29 is 23.7 Å². The zero-order valence-electron chi connectivity index (χ0n) is 12.1. The number of hydrogen-bond acceptors (Lipinski definition) is 5. The SMILES string of the molecule is COCOc1c(Br)cc(OC)c2c(OCOC)cccc12. The van der Waals surface area contributed by atoms with Crippen LogP contribution in [0.5, 0.6) is 17.2 Å². The van der Waals surface area contributed by atoms with Gasteiger partial charge in [-0.2, -0.15) is 0 Å². The average Bonchev–Trinajstić information content (AvgIpc) is 2.51. The molecule has 0 fully saturated rings. The molecule has 0 bridgehead atoms. The Labute approximate surface area is 131 Å². The molecule has 114 valence electrons. The first-order chi connectivity index (χ1) is 10.2. The molecule has 2 aromatic rings. The van der Waals surface area contributed by atoms with E-state index in [-0.39, 0.29) is 13.6 Å². The summed E-state index contributed by atoms with van der Waals surface area (Å²) in [7, 11) is 4.77. The van der Waals surface area contributed by atoms with E-state index in [0.717, 1.165) is 15.2 Å². The number of rotatable bonds is 7. The molecule has 0 atom stereocenters. The Bertz CT molecular complexity index is 615. The van der Waals surface area contributed by atoms with Gasteiger partial charge in [0.15, 0.2) is 13.6 Å². The van der Waals surface area contributed by atoms with E-state index in [9.17, 15) is 0 Å². The smallest absolute Gasteiger partial charge is 0.188 e. The van der Waals surface area contributed by atoms with E-state index >= 15 is 0 Å². The predicted octanol–water partition coefficient (Wildman–Crippen LogP) is 3.58. The molecule has 0 aliphatic rings. The lowest BCUT2D eigenvalue weighted by Crippen LogP contribution is -2.03. The van der Waals surface area contributed by atoms with Crippen molar-refractivity contribution in [1.82, 2.24) is 0 Å². The van der Waals surface area contributed by atoms with Crippen LogP contribution in [0.4, 0.5) is 0 Å². The third-order valence-electron chi connectivity index (χ3n) is 2.87. The van der Waals surface area contributed by atoms with Crippen molar-refractivity contribution in [1.29, 1.82) is 0 Å². The number of hydrogen-bond donors (Lipinski definition) is 0. The van der Waals surface area contributed by atoms with Crippen molar-refractivity contribution in [3.8, 4) is 17.2 Å². The molecule has 0 heterocycles. The molecule has 0 aliphatic heterocycles. The maximum atomic E-state index is 5.65. The first-order valence-corrected chi connectivity index (χ1v) is 7.05. The maximum absolute atomic E-state index is 5.65. The summed E-state index contributed by atoms with van der Waals surface area (Å²) >= 11 is 3.49. The topological polar surface area (TPSA) is 46.2 Å². The molecule has 0 amide bonds. The summed E-state index contributed by atoms with van der Waals surface area (Å²) in [5.74, 6) is 2.03. The Kier molecular flexibility index (Phi) is 5.67. The maximum Gasteiger partial charge on any atom is 0.188 e. The van der Waals surface area contributed by atoms with Crippen LogP contribution in [0.1, 0.15) is 0 Å². The summed E-state index contributed by atoms with van der Waals surface area (Å²) < 4.78 is 27.4. The second-order valence-corrected chi connectivity index (χ2v) is 5.02. The fraction of sp³-hybridized carbons (Fsp3) is 0.333. The predicted molar refractivity (Wildman–Crippen MR) is 83.2 cm³/mol. The molecular formula is C15H17BrO5. The number of methoxy groups -OCH3 is 3. The fourth-order valence-corrected chi connectivity index (χ4v) is 2.56. The van der Waals surface area contributed by atoms with Gasteiger partial charge < -0.3 is 23.7 Å². The minimum Gasteiger partial charge on any atom is -0.496 e. The zero-order chi connectivity index (χ0) is 15.2. The lowest BCUT2D eigenvalue weighted by Gasteiger charge is -2.16. The Hall–Kier alpha value is -1.50.